The maximum absolute atomic E-state index is 12.3. The van der Waals surface area contributed by atoms with Crippen LogP contribution in [0.1, 0.15) is 35.3 Å². The van der Waals surface area contributed by atoms with Gasteiger partial charge in [-0.3, -0.25) is 4.79 Å². The third kappa shape index (κ3) is 4.19. The Balaban J connectivity index is 2.21. The van der Waals surface area contributed by atoms with Crippen LogP contribution in [-0.2, 0) is 6.42 Å². The van der Waals surface area contributed by atoms with Crippen molar-refractivity contribution in [2.75, 3.05) is 0 Å². The van der Waals surface area contributed by atoms with Gasteiger partial charge in [-0.2, -0.15) is 0 Å². The quantitative estimate of drug-likeness (QED) is 0.488. The second kappa shape index (κ2) is 7.41. The number of ketones is 1. The molecule has 0 saturated heterocycles. The summed E-state index contributed by atoms with van der Waals surface area (Å²) < 4.78 is 0. The molecule has 0 spiro atoms. The fourth-order valence-corrected chi connectivity index (χ4v) is 2.09. The van der Waals surface area contributed by atoms with E-state index in [-0.39, 0.29) is 11.5 Å². The van der Waals surface area contributed by atoms with E-state index in [1.807, 2.05) is 56.3 Å². The van der Waals surface area contributed by atoms with Crippen molar-refractivity contribution in [3.8, 4) is 5.75 Å². The third-order valence-corrected chi connectivity index (χ3v) is 3.34. The van der Waals surface area contributed by atoms with Crippen LogP contribution in [0.4, 0.5) is 0 Å². The number of para-hydroxylation sites is 1. The molecule has 1 N–H and O–H groups in total. The lowest BCUT2D eigenvalue weighted by molar-refractivity contribution is 0.104. The average molecular weight is 292 g/mol. The number of rotatable bonds is 5. The van der Waals surface area contributed by atoms with Crippen LogP contribution in [0.3, 0.4) is 0 Å². The van der Waals surface area contributed by atoms with Crippen LogP contribution in [0.15, 0.2) is 66.3 Å². The van der Waals surface area contributed by atoms with Crippen LogP contribution in [0.2, 0.25) is 0 Å². The summed E-state index contributed by atoms with van der Waals surface area (Å²) in [6.07, 6.45) is 5.90. The molecule has 2 aromatic rings. The fraction of sp³-hybridized carbons (Fsp3) is 0.150. The molecular formula is C20H20O2. The molecule has 2 heteroatoms. The van der Waals surface area contributed by atoms with E-state index in [4.69, 9.17) is 0 Å². The van der Waals surface area contributed by atoms with Crippen LogP contribution in [0, 0.1) is 0 Å². The molecule has 0 atom stereocenters. The molecular weight excluding hydrogens is 272 g/mol. The number of phenolic OH excluding ortho intramolecular Hbond substituents is 1. The van der Waals surface area contributed by atoms with Gasteiger partial charge in [0, 0.05) is 0 Å². The maximum Gasteiger partial charge on any atom is 0.189 e. The minimum atomic E-state index is -0.194. The van der Waals surface area contributed by atoms with Crippen molar-refractivity contribution in [1.29, 1.82) is 0 Å². The average Bonchev–Trinajstić information content (AvgIpc) is 2.52. The lowest BCUT2D eigenvalue weighted by atomic mass is 10.0. The molecule has 0 aliphatic carbocycles. The number of carbonyl (C=O) groups is 1. The summed E-state index contributed by atoms with van der Waals surface area (Å²) in [7, 11) is 0. The monoisotopic (exact) mass is 292 g/mol. The van der Waals surface area contributed by atoms with E-state index in [1.54, 1.807) is 18.2 Å². The van der Waals surface area contributed by atoms with Crippen molar-refractivity contribution in [2.45, 2.75) is 20.3 Å². The third-order valence-electron chi connectivity index (χ3n) is 3.34. The largest absolute Gasteiger partial charge is 0.507 e. The van der Waals surface area contributed by atoms with E-state index in [2.05, 4.69) is 0 Å². The van der Waals surface area contributed by atoms with Crippen LogP contribution in [-0.4, -0.2) is 10.9 Å². The molecule has 0 aromatic heterocycles. The van der Waals surface area contributed by atoms with Crippen LogP contribution < -0.4 is 0 Å². The van der Waals surface area contributed by atoms with Crippen molar-refractivity contribution in [3.05, 3.63) is 82.9 Å². The van der Waals surface area contributed by atoms with E-state index in [0.717, 1.165) is 11.1 Å². The standard InChI is InChI=1S/C20H20O2/c1-15(2)11-13-17-9-6-10-18(20(17)22)19(21)14-12-16-7-4-3-5-8-16/h3-12,14,22H,13H2,1-2H3/b14-12+. The van der Waals surface area contributed by atoms with Crippen LogP contribution in [0.5, 0.6) is 5.75 Å². The van der Waals surface area contributed by atoms with E-state index >= 15 is 0 Å². The predicted octanol–water partition coefficient (Wildman–Crippen LogP) is 4.80. The normalized spacial score (nSPS) is 10.6. The first-order valence-electron chi connectivity index (χ1n) is 7.29. The summed E-state index contributed by atoms with van der Waals surface area (Å²) in [5.74, 6) is -0.122. The Morgan fingerprint density at radius 1 is 1.05 bits per heavy atom. The molecule has 0 heterocycles. The van der Waals surface area contributed by atoms with Gasteiger partial charge >= 0.3 is 0 Å². The molecule has 0 fully saturated rings. The number of hydrogen-bond acceptors (Lipinski definition) is 2. The molecule has 0 radical (unpaired) electrons. The number of hydrogen-bond donors (Lipinski definition) is 1. The van der Waals surface area contributed by atoms with E-state index in [1.165, 1.54) is 11.6 Å². The zero-order valence-electron chi connectivity index (χ0n) is 12.9. The second-order valence-electron chi connectivity index (χ2n) is 5.41. The second-order valence-corrected chi connectivity index (χ2v) is 5.41. The molecule has 2 rings (SSSR count). The maximum atomic E-state index is 12.3. The molecule has 0 saturated carbocycles. The van der Waals surface area contributed by atoms with Gasteiger partial charge in [-0.25, -0.2) is 0 Å². The zero-order chi connectivity index (χ0) is 15.9. The highest BCUT2D eigenvalue weighted by atomic mass is 16.3. The molecule has 2 aromatic carbocycles. The summed E-state index contributed by atoms with van der Waals surface area (Å²) in [5, 5.41) is 10.3. The first kappa shape index (κ1) is 15.8. The molecule has 0 amide bonds. The Hall–Kier alpha value is -2.61. The Morgan fingerprint density at radius 3 is 2.45 bits per heavy atom. The Labute approximate surface area is 131 Å². The molecule has 0 aliphatic heterocycles. The first-order chi connectivity index (χ1) is 10.6. The van der Waals surface area contributed by atoms with Crippen molar-refractivity contribution in [3.63, 3.8) is 0 Å². The van der Waals surface area contributed by atoms with Crippen molar-refractivity contribution >= 4 is 11.9 Å². The topological polar surface area (TPSA) is 37.3 Å². The highest BCUT2D eigenvalue weighted by Gasteiger charge is 2.11. The van der Waals surface area contributed by atoms with Crippen LogP contribution in [0.25, 0.3) is 6.08 Å². The summed E-state index contributed by atoms with van der Waals surface area (Å²) in [6.45, 7) is 4.02. The Kier molecular flexibility index (Phi) is 5.31. The summed E-state index contributed by atoms with van der Waals surface area (Å²) in [6, 6.07) is 14.9. The summed E-state index contributed by atoms with van der Waals surface area (Å²) in [5.41, 5.74) is 3.24. The minimum Gasteiger partial charge on any atom is -0.507 e. The van der Waals surface area contributed by atoms with Gasteiger partial charge in [0.2, 0.25) is 0 Å². The van der Waals surface area contributed by atoms with Crippen molar-refractivity contribution < 1.29 is 9.90 Å². The van der Waals surface area contributed by atoms with Gasteiger partial charge in [0.1, 0.15) is 5.75 Å². The lowest BCUT2D eigenvalue weighted by Crippen LogP contribution is -1.97. The van der Waals surface area contributed by atoms with Crippen molar-refractivity contribution in [1.82, 2.24) is 0 Å². The predicted molar refractivity (Wildman–Crippen MR) is 91.0 cm³/mol. The van der Waals surface area contributed by atoms with E-state index in [9.17, 15) is 9.90 Å². The van der Waals surface area contributed by atoms with Gasteiger partial charge in [-0.05, 0) is 43.5 Å². The van der Waals surface area contributed by atoms with Crippen molar-refractivity contribution in [2.24, 2.45) is 0 Å². The van der Waals surface area contributed by atoms with Gasteiger partial charge in [0.05, 0.1) is 5.56 Å². The zero-order valence-corrected chi connectivity index (χ0v) is 12.9. The molecule has 112 valence electrons. The Bertz CT molecular complexity index is 706. The summed E-state index contributed by atoms with van der Waals surface area (Å²) in [4.78, 5) is 12.3. The molecule has 22 heavy (non-hydrogen) atoms. The first-order valence-corrected chi connectivity index (χ1v) is 7.29. The summed E-state index contributed by atoms with van der Waals surface area (Å²) >= 11 is 0. The SMILES string of the molecule is CC(C)=CCc1cccc(C(=O)/C=C/c2ccccc2)c1O. The van der Waals surface area contributed by atoms with E-state index < -0.39 is 0 Å². The molecule has 0 bridgehead atoms. The fourth-order valence-electron chi connectivity index (χ4n) is 2.09. The lowest BCUT2D eigenvalue weighted by Gasteiger charge is -2.06. The Morgan fingerprint density at radius 2 is 1.77 bits per heavy atom. The van der Waals surface area contributed by atoms with Gasteiger partial charge in [0.25, 0.3) is 0 Å². The van der Waals surface area contributed by atoms with Crippen LogP contribution >= 0.6 is 0 Å². The van der Waals surface area contributed by atoms with Gasteiger partial charge < -0.3 is 5.11 Å². The molecule has 2 nitrogen and oxygen atoms in total. The smallest absolute Gasteiger partial charge is 0.189 e. The highest BCUT2D eigenvalue weighted by molar-refractivity contribution is 6.08. The number of carbonyl (C=O) groups excluding carboxylic acids is 1. The van der Waals surface area contributed by atoms with Gasteiger partial charge in [0.15, 0.2) is 5.78 Å². The molecule has 0 aliphatic rings. The number of phenols is 1. The highest BCUT2D eigenvalue weighted by Crippen LogP contribution is 2.24. The number of allylic oxidation sites excluding steroid dienone is 3. The number of aromatic hydroxyl groups is 1. The minimum absolute atomic E-state index is 0.0720. The molecule has 0 unspecified atom stereocenters. The van der Waals surface area contributed by atoms with Gasteiger partial charge in [-0.1, -0.05) is 60.2 Å². The van der Waals surface area contributed by atoms with Gasteiger partial charge in [-0.15, -0.1) is 0 Å². The van der Waals surface area contributed by atoms with E-state index in [0.29, 0.717) is 12.0 Å². The number of benzene rings is 2.